The first-order chi connectivity index (χ1) is 9.43. The molecule has 0 bridgehead atoms. The standard InChI is InChI=1S/C13H14FNO5/c1-20-8-5-10(13(18)19)15(6-8)12(17)9-4-7(14)2-3-11(9)16/h2-4,8,10,16H,5-6H2,1H3,(H,18,19). The molecule has 1 aliphatic rings. The van der Waals surface area contributed by atoms with Gasteiger partial charge in [0.15, 0.2) is 0 Å². The Morgan fingerprint density at radius 2 is 2.15 bits per heavy atom. The third-order valence-corrected chi connectivity index (χ3v) is 3.33. The predicted molar refractivity (Wildman–Crippen MR) is 65.9 cm³/mol. The van der Waals surface area contributed by atoms with Gasteiger partial charge in [-0.25, -0.2) is 9.18 Å². The van der Waals surface area contributed by atoms with Crippen LogP contribution in [-0.4, -0.2) is 52.8 Å². The number of carbonyl (C=O) groups excluding carboxylic acids is 1. The minimum atomic E-state index is -1.16. The molecule has 1 amide bonds. The highest BCUT2D eigenvalue weighted by molar-refractivity contribution is 5.99. The number of halogens is 1. The molecule has 7 heteroatoms. The number of carboxylic acids is 1. The third-order valence-electron chi connectivity index (χ3n) is 3.33. The Bertz CT molecular complexity index is 548. The van der Waals surface area contributed by atoms with Crippen molar-refractivity contribution in [1.82, 2.24) is 4.90 Å². The maximum Gasteiger partial charge on any atom is 0.326 e. The second-order valence-corrected chi connectivity index (χ2v) is 4.57. The molecule has 2 N–H and O–H groups in total. The van der Waals surface area contributed by atoms with Crippen molar-refractivity contribution in [2.75, 3.05) is 13.7 Å². The summed E-state index contributed by atoms with van der Waals surface area (Å²) in [5.41, 5.74) is -0.256. The molecular formula is C13H14FNO5. The smallest absolute Gasteiger partial charge is 0.326 e. The lowest BCUT2D eigenvalue weighted by Crippen LogP contribution is -2.40. The molecule has 0 spiro atoms. The lowest BCUT2D eigenvalue weighted by Gasteiger charge is -2.21. The van der Waals surface area contributed by atoms with Gasteiger partial charge in [0.2, 0.25) is 0 Å². The monoisotopic (exact) mass is 283 g/mol. The summed E-state index contributed by atoms with van der Waals surface area (Å²) >= 11 is 0. The SMILES string of the molecule is COC1CC(C(=O)O)N(C(=O)c2cc(F)ccc2O)C1. The van der Waals surface area contributed by atoms with Gasteiger partial charge in [-0.1, -0.05) is 0 Å². The number of carbonyl (C=O) groups is 2. The van der Waals surface area contributed by atoms with Crippen LogP contribution in [0.15, 0.2) is 18.2 Å². The Kier molecular flexibility index (Phi) is 3.89. The third kappa shape index (κ3) is 2.57. The molecule has 1 heterocycles. The number of ether oxygens (including phenoxy) is 1. The van der Waals surface area contributed by atoms with E-state index >= 15 is 0 Å². The van der Waals surface area contributed by atoms with Crippen molar-refractivity contribution in [3.05, 3.63) is 29.6 Å². The van der Waals surface area contributed by atoms with E-state index in [4.69, 9.17) is 9.84 Å². The van der Waals surface area contributed by atoms with Crippen molar-refractivity contribution in [1.29, 1.82) is 0 Å². The van der Waals surface area contributed by atoms with Gasteiger partial charge in [-0.3, -0.25) is 4.79 Å². The van der Waals surface area contributed by atoms with Crippen LogP contribution in [0.1, 0.15) is 16.8 Å². The Morgan fingerprint density at radius 3 is 2.75 bits per heavy atom. The number of rotatable bonds is 3. The fraction of sp³-hybridized carbons (Fsp3) is 0.385. The summed E-state index contributed by atoms with van der Waals surface area (Å²) in [6, 6.07) is 1.91. The van der Waals surface area contributed by atoms with Crippen LogP contribution < -0.4 is 0 Å². The maximum atomic E-state index is 13.2. The molecule has 0 saturated carbocycles. The minimum absolute atomic E-state index is 0.0856. The highest BCUT2D eigenvalue weighted by Crippen LogP contribution is 2.26. The summed E-state index contributed by atoms with van der Waals surface area (Å²) in [5.74, 6) is -2.95. The molecule has 2 atom stereocenters. The van der Waals surface area contributed by atoms with E-state index in [2.05, 4.69) is 0 Å². The fourth-order valence-electron chi connectivity index (χ4n) is 2.26. The second-order valence-electron chi connectivity index (χ2n) is 4.57. The number of methoxy groups -OCH3 is 1. The van der Waals surface area contributed by atoms with E-state index in [0.717, 1.165) is 23.1 Å². The molecule has 6 nitrogen and oxygen atoms in total. The highest BCUT2D eigenvalue weighted by Gasteiger charge is 2.40. The number of phenolic OH excluding ortho intramolecular Hbond substituents is 1. The molecule has 2 unspecified atom stereocenters. The van der Waals surface area contributed by atoms with Gasteiger partial charge < -0.3 is 19.8 Å². The Hall–Kier alpha value is -2.15. The topological polar surface area (TPSA) is 87.1 Å². The molecule has 0 aliphatic carbocycles. The van der Waals surface area contributed by atoms with Gasteiger partial charge in [0, 0.05) is 20.1 Å². The summed E-state index contributed by atoms with van der Waals surface area (Å²) in [6.45, 7) is 0.0856. The van der Waals surface area contributed by atoms with Gasteiger partial charge in [-0.2, -0.15) is 0 Å². The van der Waals surface area contributed by atoms with Crippen LogP contribution in [0.2, 0.25) is 0 Å². The fourth-order valence-corrected chi connectivity index (χ4v) is 2.26. The van der Waals surface area contributed by atoms with E-state index in [1.807, 2.05) is 0 Å². The number of nitrogens with zero attached hydrogens (tertiary/aromatic N) is 1. The van der Waals surface area contributed by atoms with Gasteiger partial charge in [-0.15, -0.1) is 0 Å². The number of amides is 1. The molecule has 1 saturated heterocycles. The highest BCUT2D eigenvalue weighted by atomic mass is 19.1. The van der Waals surface area contributed by atoms with Crippen LogP contribution in [0.3, 0.4) is 0 Å². The van der Waals surface area contributed by atoms with E-state index in [-0.39, 0.29) is 24.3 Å². The van der Waals surface area contributed by atoms with Crippen LogP contribution in [0.5, 0.6) is 5.75 Å². The van der Waals surface area contributed by atoms with Crippen molar-refractivity contribution in [3.63, 3.8) is 0 Å². The molecule has 1 aliphatic heterocycles. The number of carboxylic acid groups (broad SMARTS) is 1. The van der Waals surface area contributed by atoms with Gasteiger partial charge >= 0.3 is 5.97 Å². The van der Waals surface area contributed by atoms with Crippen LogP contribution in [0, 0.1) is 5.82 Å². The van der Waals surface area contributed by atoms with Crippen molar-refractivity contribution in [2.24, 2.45) is 0 Å². The number of aliphatic carboxylic acids is 1. The molecule has 20 heavy (non-hydrogen) atoms. The van der Waals surface area contributed by atoms with Crippen molar-refractivity contribution < 1.29 is 28.9 Å². The molecule has 1 aromatic rings. The number of aromatic hydroxyl groups is 1. The first kappa shape index (κ1) is 14.3. The maximum absolute atomic E-state index is 13.2. The van der Waals surface area contributed by atoms with Crippen LogP contribution >= 0.6 is 0 Å². The van der Waals surface area contributed by atoms with Crippen LogP contribution in [0.25, 0.3) is 0 Å². The molecule has 1 fully saturated rings. The van der Waals surface area contributed by atoms with Gasteiger partial charge in [-0.05, 0) is 18.2 Å². The Balaban J connectivity index is 2.31. The molecule has 1 aromatic carbocycles. The van der Waals surface area contributed by atoms with Gasteiger partial charge in [0.25, 0.3) is 5.91 Å². The molecule has 0 aromatic heterocycles. The van der Waals surface area contributed by atoms with E-state index < -0.39 is 29.8 Å². The van der Waals surface area contributed by atoms with E-state index in [0.29, 0.717) is 0 Å². The van der Waals surface area contributed by atoms with Crippen LogP contribution in [-0.2, 0) is 9.53 Å². The summed E-state index contributed by atoms with van der Waals surface area (Å²) in [6.07, 6.45) is -0.232. The number of likely N-dealkylation sites (tertiary alicyclic amines) is 1. The van der Waals surface area contributed by atoms with Crippen molar-refractivity contribution >= 4 is 11.9 Å². The number of phenols is 1. The number of hydrogen-bond acceptors (Lipinski definition) is 4. The van der Waals surface area contributed by atoms with Crippen LogP contribution in [0.4, 0.5) is 4.39 Å². The summed E-state index contributed by atoms with van der Waals surface area (Å²) in [4.78, 5) is 24.5. The van der Waals surface area contributed by atoms with Gasteiger partial charge in [0.05, 0.1) is 11.7 Å². The first-order valence-corrected chi connectivity index (χ1v) is 5.99. The summed E-state index contributed by atoms with van der Waals surface area (Å²) in [7, 11) is 1.43. The average molecular weight is 283 g/mol. The number of benzene rings is 1. The first-order valence-electron chi connectivity index (χ1n) is 5.99. The van der Waals surface area contributed by atoms with E-state index in [9.17, 15) is 19.1 Å². The Morgan fingerprint density at radius 1 is 1.45 bits per heavy atom. The van der Waals surface area contributed by atoms with Gasteiger partial charge in [0.1, 0.15) is 17.6 Å². The minimum Gasteiger partial charge on any atom is -0.507 e. The Labute approximate surface area is 114 Å². The predicted octanol–water partition coefficient (Wildman–Crippen LogP) is 0.845. The largest absolute Gasteiger partial charge is 0.507 e. The number of hydrogen-bond donors (Lipinski definition) is 2. The molecular weight excluding hydrogens is 269 g/mol. The molecule has 2 rings (SSSR count). The quantitative estimate of drug-likeness (QED) is 0.858. The van der Waals surface area contributed by atoms with Crippen molar-refractivity contribution in [2.45, 2.75) is 18.6 Å². The summed E-state index contributed by atoms with van der Waals surface area (Å²) < 4.78 is 18.2. The lowest BCUT2D eigenvalue weighted by molar-refractivity contribution is -0.141. The lowest BCUT2D eigenvalue weighted by atomic mass is 10.1. The molecule has 108 valence electrons. The zero-order chi connectivity index (χ0) is 14.9. The average Bonchev–Trinajstić information content (AvgIpc) is 2.85. The van der Waals surface area contributed by atoms with Crippen molar-refractivity contribution in [3.8, 4) is 5.75 Å². The molecule has 0 radical (unpaired) electrons. The van der Waals surface area contributed by atoms with E-state index in [1.165, 1.54) is 7.11 Å². The van der Waals surface area contributed by atoms with E-state index in [1.54, 1.807) is 0 Å². The summed E-state index contributed by atoms with van der Waals surface area (Å²) in [5, 5.41) is 18.8. The second kappa shape index (κ2) is 5.46. The zero-order valence-corrected chi connectivity index (χ0v) is 10.7. The zero-order valence-electron chi connectivity index (χ0n) is 10.7. The normalized spacial score (nSPS) is 22.0.